The van der Waals surface area contributed by atoms with E-state index < -0.39 is 10.0 Å². The molecule has 24 heavy (non-hydrogen) atoms. The van der Waals surface area contributed by atoms with E-state index in [1.165, 1.54) is 30.0 Å². The topological polar surface area (TPSA) is 90.3 Å². The minimum atomic E-state index is -3.83. The molecule has 0 bridgehead atoms. The van der Waals surface area contributed by atoms with Gasteiger partial charge in [0.25, 0.3) is 10.0 Å². The van der Waals surface area contributed by atoms with Crippen LogP contribution in [0.5, 0.6) is 0 Å². The van der Waals surface area contributed by atoms with Crippen molar-refractivity contribution in [3.8, 4) is 6.07 Å². The summed E-state index contributed by atoms with van der Waals surface area (Å²) in [4.78, 5) is 12.7. The second-order valence-electron chi connectivity index (χ2n) is 4.98. The number of nitrogens with one attached hydrogen (secondary N) is 1. The van der Waals surface area contributed by atoms with E-state index in [2.05, 4.69) is 4.72 Å². The van der Waals surface area contributed by atoms with Gasteiger partial charge in [-0.15, -0.1) is 0 Å². The predicted molar refractivity (Wildman–Crippen MR) is 92.5 cm³/mol. The number of carbonyl (C=O) groups excluding carboxylic acids is 1. The van der Waals surface area contributed by atoms with Gasteiger partial charge >= 0.3 is 0 Å². The number of amides is 1. The highest BCUT2D eigenvalue weighted by atomic mass is 35.5. The standard InChI is InChI=1S/C16H14ClN3O3S/c1-11(21)20(2)14-6-4-13(5-7-14)19-24(22,23)15-8-3-12(10-18)16(17)9-15/h3-9,19H,1-2H3. The van der Waals surface area contributed by atoms with Gasteiger partial charge in [-0.25, -0.2) is 8.42 Å². The van der Waals surface area contributed by atoms with E-state index in [1.54, 1.807) is 31.3 Å². The van der Waals surface area contributed by atoms with Gasteiger partial charge in [-0.3, -0.25) is 9.52 Å². The van der Waals surface area contributed by atoms with Gasteiger partial charge in [0.15, 0.2) is 0 Å². The summed E-state index contributed by atoms with van der Waals surface area (Å²) < 4.78 is 27.1. The molecule has 0 aromatic heterocycles. The number of nitriles is 1. The summed E-state index contributed by atoms with van der Waals surface area (Å²) in [6.45, 7) is 1.44. The molecule has 0 spiro atoms. The highest BCUT2D eigenvalue weighted by Crippen LogP contribution is 2.23. The summed E-state index contributed by atoms with van der Waals surface area (Å²) in [6, 6.07) is 12.1. The molecule has 0 saturated heterocycles. The SMILES string of the molecule is CC(=O)N(C)c1ccc(NS(=O)(=O)c2ccc(C#N)c(Cl)c2)cc1. The average Bonchev–Trinajstić information content (AvgIpc) is 2.54. The Morgan fingerprint density at radius 2 is 1.83 bits per heavy atom. The zero-order chi connectivity index (χ0) is 17.9. The maximum absolute atomic E-state index is 12.4. The number of carbonyl (C=O) groups is 1. The minimum absolute atomic E-state index is 0.0450. The van der Waals surface area contributed by atoms with Gasteiger partial charge < -0.3 is 4.90 Å². The highest BCUT2D eigenvalue weighted by molar-refractivity contribution is 7.92. The normalized spacial score (nSPS) is 10.8. The Bertz CT molecular complexity index is 919. The molecule has 124 valence electrons. The third-order valence-electron chi connectivity index (χ3n) is 3.35. The van der Waals surface area contributed by atoms with Crippen LogP contribution >= 0.6 is 11.6 Å². The summed E-state index contributed by atoms with van der Waals surface area (Å²) in [7, 11) is -2.21. The monoisotopic (exact) mass is 363 g/mol. The quantitative estimate of drug-likeness (QED) is 0.904. The fourth-order valence-corrected chi connectivity index (χ4v) is 3.27. The fourth-order valence-electron chi connectivity index (χ4n) is 1.90. The summed E-state index contributed by atoms with van der Waals surface area (Å²) in [5.41, 5.74) is 1.19. The Hall–Kier alpha value is -2.56. The van der Waals surface area contributed by atoms with E-state index in [9.17, 15) is 13.2 Å². The number of hydrogen-bond donors (Lipinski definition) is 1. The molecule has 0 unspecified atom stereocenters. The molecule has 2 rings (SSSR count). The average molecular weight is 364 g/mol. The molecule has 0 aliphatic heterocycles. The zero-order valence-corrected chi connectivity index (χ0v) is 14.5. The number of nitrogens with zero attached hydrogens (tertiary/aromatic N) is 2. The molecule has 2 aromatic carbocycles. The van der Waals surface area contributed by atoms with Crippen molar-refractivity contribution >= 4 is 38.9 Å². The molecule has 1 amide bonds. The van der Waals surface area contributed by atoms with Crippen LogP contribution in [0.1, 0.15) is 12.5 Å². The summed E-state index contributed by atoms with van der Waals surface area (Å²) >= 11 is 5.87. The molecule has 6 nitrogen and oxygen atoms in total. The van der Waals surface area contributed by atoms with Crippen molar-refractivity contribution in [3.63, 3.8) is 0 Å². The second kappa shape index (κ2) is 6.91. The van der Waals surface area contributed by atoms with Crippen LogP contribution in [0.2, 0.25) is 5.02 Å². The van der Waals surface area contributed by atoms with Crippen molar-refractivity contribution in [2.24, 2.45) is 0 Å². The molecule has 0 aliphatic carbocycles. The molecule has 0 atom stereocenters. The summed E-state index contributed by atoms with van der Waals surface area (Å²) in [6.07, 6.45) is 0. The number of hydrogen-bond acceptors (Lipinski definition) is 4. The van der Waals surface area contributed by atoms with Crippen LogP contribution in [0.4, 0.5) is 11.4 Å². The van der Waals surface area contributed by atoms with Crippen LogP contribution in [0.3, 0.4) is 0 Å². The van der Waals surface area contributed by atoms with E-state index in [0.717, 1.165) is 0 Å². The first-order valence-corrected chi connectivity index (χ1v) is 8.67. The largest absolute Gasteiger partial charge is 0.316 e. The molecule has 0 heterocycles. The van der Waals surface area contributed by atoms with E-state index in [1.807, 2.05) is 6.07 Å². The Balaban J connectivity index is 2.25. The van der Waals surface area contributed by atoms with Crippen LogP contribution in [0.15, 0.2) is 47.4 Å². The van der Waals surface area contributed by atoms with Crippen LogP contribution < -0.4 is 9.62 Å². The highest BCUT2D eigenvalue weighted by Gasteiger charge is 2.16. The van der Waals surface area contributed by atoms with Gasteiger partial charge in [0, 0.05) is 25.3 Å². The van der Waals surface area contributed by atoms with E-state index >= 15 is 0 Å². The molecule has 1 N–H and O–H groups in total. The van der Waals surface area contributed by atoms with Gasteiger partial charge in [0.05, 0.1) is 15.5 Å². The van der Waals surface area contributed by atoms with Crippen molar-refractivity contribution in [1.29, 1.82) is 5.26 Å². The molecule has 0 aliphatic rings. The van der Waals surface area contributed by atoms with Crippen molar-refractivity contribution in [3.05, 3.63) is 53.1 Å². The smallest absolute Gasteiger partial charge is 0.261 e. The third kappa shape index (κ3) is 3.85. The lowest BCUT2D eigenvalue weighted by molar-refractivity contribution is -0.116. The van der Waals surface area contributed by atoms with Crippen molar-refractivity contribution < 1.29 is 13.2 Å². The number of benzene rings is 2. The maximum Gasteiger partial charge on any atom is 0.261 e. The Labute approximate surface area is 145 Å². The number of anilines is 2. The zero-order valence-electron chi connectivity index (χ0n) is 12.9. The lowest BCUT2D eigenvalue weighted by Crippen LogP contribution is -2.22. The first-order chi connectivity index (χ1) is 11.2. The molecule has 8 heteroatoms. The van der Waals surface area contributed by atoms with E-state index in [-0.39, 0.29) is 21.4 Å². The molecule has 2 aromatic rings. The molecular formula is C16H14ClN3O3S. The van der Waals surface area contributed by atoms with Crippen molar-refractivity contribution in [2.45, 2.75) is 11.8 Å². The summed E-state index contributed by atoms with van der Waals surface area (Å²) in [5.74, 6) is -0.129. The Kier molecular flexibility index (Phi) is 5.12. The number of sulfonamides is 1. The first kappa shape index (κ1) is 17.8. The lowest BCUT2D eigenvalue weighted by Gasteiger charge is -2.15. The van der Waals surface area contributed by atoms with Crippen molar-refractivity contribution in [1.82, 2.24) is 0 Å². The van der Waals surface area contributed by atoms with Crippen LogP contribution in [-0.4, -0.2) is 21.4 Å². The first-order valence-electron chi connectivity index (χ1n) is 6.81. The minimum Gasteiger partial charge on any atom is -0.316 e. The van der Waals surface area contributed by atoms with E-state index in [4.69, 9.17) is 16.9 Å². The molecule has 0 radical (unpaired) electrons. The maximum atomic E-state index is 12.4. The van der Waals surface area contributed by atoms with Crippen molar-refractivity contribution in [2.75, 3.05) is 16.7 Å². The number of halogens is 1. The number of rotatable bonds is 4. The van der Waals surface area contributed by atoms with Gasteiger partial charge in [0.1, 0.15) is 6.07 Å². The predicted octanol–water partition coefficient (Wildman–Crippen LogP) is 3.00. The molecule has 0 fully saturated rings. The Morgan fingerprint density at radius 3 is 2.33 bits per heavy atom. The van der Waals surface area contributed by atoms with Crippen LogP contribution in [-0.2, 0) is 14.8 Å². The van der Waals surface area contributed by atoms with Gasteiger partial charge in [-0.05, 0) is 42.5 Å². The van der Waals surface area contributed by atoms with Gasteiger partial charge in [-0.2, -0.15) is 5.26 Å². The Morgan fingerprint density at radius 1 is 1.21 bits per heavy atom. The fraction of sp³-hybridized carbons (Fsp3) is 0.125. The van der Waals surface area contributed by atoms with Crippen LogP contribution in [0, 0.1) is 11.3 Å². The molecular weight excluding hydrogens is 350 g/mol. The third-order valence-corrected chi connectivity index (χ3v) is 5.04. The lowest BCUT2D eigenvalue weighted by atomic mass is 10.2. The van der Waals surface area contributed by atoms with Gasteiger partial charge in [0.2, 0.25) is 5.91 Å². The van der Waals surface area contributed by atoms with Gasteiger partial charge in [-0.1, -0.05) is 11.6 Å². The molecule has 0 saturated carbocycles. The summed E-state index contributed by atoms with van der Waals surface area (Å²) in [5, 5.41) is 8.90. The van der Waals surface area contributed by atoms with Crippen LogP contribution in [0.25, 0.3) is 0 Å². The van der Waals surface area contributed by atoms with E-state index in [0.29, 0.717) is 11.4 Å². The second-order valence-corrected chi connectivity index (χ2v) is 7.07.